The number of nitrogens with zero attached hydrogens (tertiary/aromatic N) is 4. The zero-order valence-corrected chi connectivity index (χ0v) is 14.2. The summed E-state index contributed by atoms with van der Waals surface area (Å²) >= 11 is 6.08. The normalized spacial score (nSPS) is 11.8. The maximum atomic E-state index is 12.0. The van der Waals surface area contributed by atoms with Crippen LogP contribution in [0, 0.1) is 0 Å². The molecule has 0 saturated heterocycles. The van der Waals surface area contributed by atoms with Gasteiger partial charge in [0.2, 0.25) is 17.6 Å². The molecule has 0 aliphatic rings. The van der Waals surface area contributed by atoms with E-state index in [-0.39, 0.29) is 18.4 Å². The fourth-order valence-electron chi connectivity index (χ4n) is 1.94. The molecule has 0 aliphatic carbocycles. The topological polar surface area (TPSA) is 102 Å². The van der Waals surface area contributed by atoms with E-state index in [0.29, 0.717) is 23.0 Å². The summed E-state index contributed by atoms with van der Waals surface area (Å²) in [5.74, 6) is -0.270. The minimum Gasteiger partial charge on any atom is -0.354 e. The Balaban J connectivity index is 1.93. The Morgan fingerprint density at radius 3 is 2.79 bits per heavy atom. The quantitative estimate of drug-likeness (QED) is 0.776. The van der Waals surface area contributed by atoms with Crippen LogP contribution >= 0.6 is 11.6 Å². The van der Waals surface area contributed by atoms with Gasteiger partial charge in [-0.1, -0.05) is 30.7 Å². The predicted molar refractivity (Wildman–Crippen MR) is 89.2 cm³/mol. The lowest BCUT2D eigenvalue weighted by Gasteiger charge is -2.13. The Morgan fingerprint density at radius 1 is 1.33 bits per heavy atom. The molecule has 2 N–H and O–H groups in total. The van der Waals surface area contributed by atoms with Crippen molar-refractivity contribution in [3.63, 3.8) is 0 Å². The lowest BCUT2D eigenvalue weighted by atomic mass is 10.2. The first-order chi connectivity index (χ1) is 11.5. The van der Waals surface area contributed by atoms with E-state index in [1.165, 1.54) is 0 Å². The highest BCUT2D eigenvalue weighted by Gasteiger charge is 2.16. The number of carbonyl (C=O) groups is 2. The van der Waals surface area contributed by atoms with Gasteiger partial charge >= 0.3 is 0 Å². The number of benzene rings is 1. The molecule has 2 amide bonds. The summed E-state index contributed by atoms with van der Waals surface area (Å²) in [5, 5.41) is 17.7. The van der Waals surface area contributed by atoms with Gasteiger partial charge in [0.15, 0.2) is 0 Å². The molecule has 0 saturated carbocycles. The van der Waals surface area contributed by atoms with Crippen LogP contribution in [0.5, 0.6) is 0 Å². The van der Waals surface area contributed by atoms with Gasteiger partial charge < -0.3 is 10.6 Å². The molecule has 0 unspecified atom stereocenters. The molecule has 0 radical (unpaired) electrons. The smallest absolute Gasteiger partial charge is 0.244 e. The van der Waals surface area contributed by atoms with Gasteiger partial charge in [-0.25, -0.2) is 0 Å². The van der Waals surface area contributed by atoms with Crippen molar-refractivity contribution in [2.75, 3.05) is 6.54 Å². The van der Waals surface area contributed by atoms with Gasteiger partial charge in [-0.05, 0) is 30.7 Å². The maximum absolute atomic E-state index is 12.0. The third-order valence-corrected chi connectivity index (χ3v) is 3.50. The van der Waals surface area contributed by atoms with Crippen molar-refractivity contribution in [2.45, 2.75) is 32.9 Å². The van der Waals surface area contributed by atoms with E-state index in [1.807, 2.05) is 13.0 Å². The predicted octanol–water partition coefficient (Wildman–Crippen LogP) is 1.02. The molecule has 2 aromatic rings. The summed E-state index contributed by atoms with van der Waals surface area (Å²) in [6, 6.07) is 6.47. The number of halogens is 1. The minimum absolute atomic E-state index is 0.136. The largest absolute Gasteiger partial charge is 0.354 e. The van der Waals surface area contributed by atoms with Gasteiger partial charge in [-0.2, -0.15) is 4.80 Å². The first-order valence-corrected chi connectivity index (χ1v) is 7.98. The summed E-state index contributed by atoms with van der Waals surface area (Å²) in [7, 11) is 0. The molecule has 0 aliphatic heterocycles. The van der Waals surface area contributed by atoms with E-state index in [9.17, 15) is 9.59 Å². The van der Waals surface area contributed by atoms with Crippen molar-refractivity contribution in [1.82, 2.24) is 30.8 Å². The number of amides is 2. The molecule has 1 aromatic carbocycles. The second-order valence-electron chi connectivity index (χ2n) is 5.20. The maximum Gasteiger partial charge on any atom is 0.244 e. The molecule has 24 heavy (non-hydrogen) atoms. The van der Waals surface area contributed by atoms with Crippen LogP contribution in [0.25, 0.3) is 11.4 Å². The molecule has 8 nitrogen and oxygen atoms in total. The molecule has 0 spiro atoms. The van der Waals surface area contributed by atoms with Gasteiger partial charge in [-0.3, -0.25) is 9.59 Å². The SMILES string of the molecule is CCCNC(=O)[C@@H](C)NC(=O)Cn1nnc(-c2ccccc2Cl)n1. The average Bonchev–Trinajstić information content (AvgIpc) is 3.00. The highest BCUT2D eigenvalue weighted by molar-refractivity contribution is 6.33. The molecule has 0 fully saturated rings. The number of tetrazole rings is 1. The van der Waals surface area contributed by atoms with Gasteiger partial charge in [-0.15, -0.1) is 10.2 Å². The number of hydrogen-bond donors (Lipinski definition) is 2. The first kappa shape index (κ1) is 17.9. The molecule has 2 rings (SSSR count). The van der Waals surface area contributed by atoms with Crippen molar-refractivity contribution < 1.29 is 9.59 Å². The molecular weight excluding hydrogens is 332 g/mol. The zero-order chi connectivity index (χ0) is 17.5. The standard InChI is InChI=1S/C15H19ClN6O2/c1-3-8-17-15(24)10(2)18-13(23)9-22-20-14(19-21-22)11-6-4-5-7-12(11)16/h4-7,10H,3,8-9H2,1-2H3,(H,17,24)(H,18,23)/t10-/m1/s1. The van der Waals surface area contributed by atoms with E-state index in [2.05, 4.69) is 26.0 Å². The van der Waals surface area contributed by atoms with Crippen LogP contribution in [0.1, 0.15) is 20.3 Å². The number of aromatic nitrogens is 4. The van der Waals surface area contributed by atoms with Crippen LogP contribution in [0.4, 0.5) is 0 Å². The summed E-state index contributed by atoms with van der Waals surface area (Å²) in [6.07, 6.45) is 0.833. The Labute approximate surface area is 144 Å². The van der Waals surface area contributed by atoms with Crippen molar-refractivity contribution >= 4 is 23.4 Å². The van der Waals surface area contributed by atoms with E-state index in [0.717, 1.165) is 11.2 Å². The van der Waals surface area contributed by atoms with Crippen LogP contribution < -0.4 is 10.6 Å². The van der Waals surface area contributed by atoms with Gasteiger partial charge in [0, 0.05) is 12.1 Å². The van der Waals surface area contributed by atoms with E-state index in [1.54, 1.807) is 25.1 Å². The fourth-order valence-corrected chi connectivity index (χ4v) is 2.16. The van der Waals surface area contributed by atoms with Crippen LogP contribution in [0.2, 0.25) is 5.02 Å². The summed E-state index contributed by atoms with van der Waals surface area (Å²) in [4.78, 5) is 24.9. The van der Waals surface area contributed by atoms with Crippen LogP contribution in [-0.4, -0.2) is 44.6 Å². The molecular formula is C15H19ClN6O2. The summed E-state index contributed by atoms with van der Waals surface area (Å²) in [6.45, 7) is 4.01. The van der Waals surface area contributed by atoms with Gasteiger partial charge in [0.1, 0.15) is 12.6 Å². The average molecular weight is 351 g/mol. The third-order valence-electron chi connectivity index (χ3n) is 3.17. The third kappa shape index (κ3) is 4.76. The number of carbonyl (C=O) groups excluding carboxylic acids is 2. The van der Waals surface area contributed by atoms with E-state index < -0.39 is 6.04 Å². The number of nitrogens with one attached hydrogen (secondary N) is 2. The minimum atomic E-state index is -0.629. The summed E-state index contributed by atoms with van der Waals surface area (Å²) in [5.41, 5.74) is 0.637. The summed E-state index contributed by atoms with van der Waals surface area (Å²) < 4.78 is 0. The molecule has 128 valence electrons. The van der Waals surface area contributed by atoms with Crippen molar-refractivity contribution in [3.8, 4) is 11.4 Å². The van der Waals surface area contributed by atoms with E-state index >= 15 is 0 Å². The molecule has 1 atom stereocenters. The van der Waals surface area contributed by atoms with Crippen molar-refractivity contribution in [1.29, 1.82) is 0 Å². The Hall–Kier alpha value is -2.48. The van der Waals surface area contributed by atoms with Gasteiger partial charge in [0.05, 0.1) is 5.02 Å². The second-order valence-corrected chi connectivity index (χ2v) is 5.61. The Morgan fingerprint density at radius 2 is 2.08 bits per heavy atom. The Kier molecular flexibility index (Phi) is 6.25. The van der Waals surface area contributed by atoms with Crippen LogP contribution in [0.15, 0.2) is 24.3 Å². The number of rotatable bonds is 7. The van der Waals surface area contributed by atoms with Crippen molar-refractivity contribution in [3.05, 3.63) is 29.3 Å². The fraction of sp³-hybridized carbons (Fsp3) is 0.400. The lowest BCUT2D eigenvalue weighted by molar-refractivity contribution is -0.129. The lowest BCUT2D eigenvalue weighted by Crippen LogP contribution is -2.46. The monoisotopic (exact) mass is 350 g/mol. The van der Waals surface area contributed by atoms with E-state index in [4.69, 9.17) is 11.6 Å². The van der Waals surface area contributed by atoms with Crippen LogP contribution in [0.3, 0.4) is 0 Å². The second kappa shape index (κ2) is 8.39. The van der Waals surface area contributed by atoms with Crippen molar-refractivity contribution in [2.24, 2.45) is 0 Å². The Bertz CT molecular complexity index is 717. The van der Waals surface area contributed by atoms with Crippen LogP contribution in [-0.2, 0) is 16.1 Å². The molecule has 1 heterocycles. The highest BCUT2D eigenvalue weighted by atomic mass is 35.5. The molecule has 1 aromatic heterocycles. The molecule has 9 heteroatoms. The zero-order valence-electron chi connectivity index (χ0n) is 13.5. The van der Waals surface area contributed by atoms with Gasteiger partial charge in [0.25, 0.3) is 0 Å². The first-order valence-electron chi connectivity index (χ1n) is 7.61. The number of hydrogen-bond acceptors (Lipinski definition) is 5. The molecule has 0 bridgehead atoms. The highest BCUT2D eigenvalue weighted by Crippen LogP contribution is 2.23.